The van der Waals surface area contributed by atoms with Crippen LogP contribution in [0.1, 0.15) is 37.6 Å². The topological polar surface area (TPSA) is 56.8 Å². The van der Waals surface area contributed by atoms with Crippen molar-refractivity contribution in [2.45, 2.75) is 32.2 Å². The third-order valence-corrected chi connectivity index (χ3v) is 4.08. The first kappa shape index (κ1) is 14.1. The van der Waals surface area contributed by atoms with Crippen molar-refractivity contribution in [1.82, 2.24) is 20.5 Å². The lowest BCUT2D eigenvalue weighted by Crippen LogP contribution is -2.49. The molecule has 1 aromatic heterocycles. The number of H-pyrrole nitrogens is 1. The molecule has 2 aromatic rings. The number of anilines is 1. The summed E-state index contributed by atoms with van der Waals surface area (Å²) in [7, 11) is 0. The van der Waals surface area contributed by atoms with Crippen molar-refractivity contribution in [3.05, 3.63) is 41.7 Å². The molecule has 21 heavy (non-hydrogen) atoms. The number of nitrogens with one attached hydrogen (secondary N) is 2. The molecule has 0 bridgehead atoms. The molecule has 1 aromatic carbocycles. The van der Waals surface area contributed by atoms with Crippen LogP contribution in [-0.2, 0) is 0 Å². The lowest BCUT2D eigenvalue weighted by molar-refractivity contribution is 0.479. The van der Waals surface area contributed by atoms with Crippen LogP contribution >= 0.6 is 0 Å². The average Bonchev–Trinajstić information content (AvgIpc) is 2.99. The van der Waals surface area contributed by atoms with Crippen molar-refractivity contribution < 1.29 is 0 Å². The van der Waals surface area contributed by atoms with Gasteiger partial charge in [0.15, 0.2) is 0 Å². The minimum Gasteiger partial charge on any atom is -0.337 e. The van der Waals surface area contributed by atoms with E-state index in [2.05, 4.69) is 58.5 Å². The van der Waals surface area contributed by atoms with Gasteiger partial charge in [-0.25, -0.2) is 0 Å². The number of aromatic amines is 1. The second kappa shape index (κ2) is 6.26. The Morgan fingerprint density at radius 3 is 2.86 bits per heavy atom. The quantitative estimate of drug-likeness (QED) is 0.903. The van der Waals surface area contributed by atoms with E-state index < -0.39 is 0 Å². The summed E-state index contributed by atoms with van der Waals surface area (Å²) in [6.45, 7) is 7.29. The van der Waals surface area contributed by atoms with Gasteiger partial charge in [0.1, 0.15) is 5.82 Å². The molecular formula is C16H23N5. The maximum Gasteiger partial charge on any atom is 0.244 e. The zero-order chi connectivity index (χ0) is 14.7. The largest absolute Gasteiger partial charge is 0.337 e. The first-order valence-electron chi connectivity index (χ1n) is 7.73. The lowest BCUT2D eigenvalue weighted by Gasteiger charge is -2.30. The van der Waals surface area contributed by atoms with Crippen LogP contribution < -0.4 is 10.2 Å². The third kappa shape index (κ3) is 3.08. The van der Waals surface area contributed by atoms with E-state index in [0.29, 0.717) is 6.04 Å². The second-order valence-electron chi connectivity index (χ2n) is 5.69. The molecule has 1 aliphatic rings. The van der Waals surface area contributed by atoms with Gasteiger partial charge in [-0.3, -0.25) is 5.10 Å². The van der Waals surface area contributed by atoms with Crippen LogP contribution in [0.4, 0.5) is 5.95 Å². The molecule has 0 spiro atoms. The fourth-order valence-corrected chi connectivity index (χ4v) is 2.95. The van der Waals surface area contributed by atoms with Gasteiger partial charge in [-0.05, 0) is 18.9 Å². The molecule has 1 saturated heterocycles. The van der Waals surface area contributed by atoms with Gasteiger partial charge in [0, 0.05) is 31.6 Å². The van der Waals surface area contributed by atoms with E-state index in [1.54, 1.807) is 0 Å². The summed E-state index contributed by atoms with van der Waals surface area (Å²) in [6.07, 6.45) is 1.01. The van der Waals surface area contributed by atoms with Gasteiger partial charge in [0.05, 0.1) is 0 Å². The minimum absolute atomic E-state index is 0.285. The highest BCUT2D eigenvalue weighted by Crippen LogP contribution is 2.26. The predicted molar refractivity (Wildman–Crippen MR) is 84.6 cm³/mol. The Labute approximate surface area is 125 Å². The number of nitrogens with zero attached hydrogens (tertiary/aromatic N) is 3. The average molecular weight is 285 g/mol. The molecule has 0 amide bonds. The minimum atomic E-state index is 0.285. The van der Waals surface area contributed by atoms with Crippen LogP contribution in [0, 0.1) is 0 Å². The normalized spacial score (nSPS) is 20.5. The molecule has 5 nitrogen and oxygen atoms in total. The monoisotopic (exact) mass is 285 g/mol. The molecule has 3 rings (SSSR count). The van der Waals surface area contributed by atoms with E-state index in [9.17, 15) is 0 Å². The third-order valence-electron chi connectivity index (χ3n) is 4.08. The van der Waals surface area contributed by atoms with Crippen LogP contribution in [0.3, 0.4) is 0 Å². The van der Waals surface area contributed by atoms with Gasteiger partial charge in [-0.15, -0.1) is 5.10 Å². The van der Waals surface area contributed by atoms with Crippen LogP contribution in [-0.4, -0.2) is 40.9 Å². The van der Waals surface area contributed by atoms with Crippen molar-refractivity contribution in [3.8, 4) is 0 Å². The van der Waals surface area contributed by atoms with Gasteiger partial charge in [-0.1, -0.05) is 37.3 Å². The Morgan fingerprint density at radius 1 is 1.33 bits per heavy atom. The molecule has 2 N–H and O–H groups in total. The van der Waals surface area contributed by atoms with Crippen molar-refractivity contribution in [1.29, 1.82) is 0 Å². The Morgan fingerprint density at radius 2 is 2.14 bits per heavy atom. The van der Waals surface area contributed by atoms with Crippen LogP contribution in [0.15, 0.2) is 30.3 Å². The molecule has 2 atom stereocenters. The Kier molecular flexibility index (Phi) is 4.20. The Balaban J connectivity index is 1.80. The Bertz CT molecular complexity index is 565. The van der Waals surface area contributed by atoms with Crippen molar-refractivity contribution in [3.63, 3.8) is 0 Å². The summed E-state index contributed by atoms with van der Waals surface area (Å²) in [4.78, 5) is 7.00. The smallest absolute Gasteiger partial charge is 0.244 e. The summed E-state index contributed by atoms with van der Waals surface area (Å²) in [5.41, 5.74) is 1.29. The fourth-order valence-electron chi connectivity index (χ4n) is 2.95. The van der Waals surface area contributed by atoms with Crippen LogP contribution in [0.25, 0.3) is 0 Å². The van der Waals surface area contributed by atoms with E-state index in [0.717, 1.165) is 37.8 Å². The van der Waals surface area contributed by atoms with E-state index in [1.165, 1.54) is 5.56 Å². The molecule has 1 fully saturated rings. The number of rotatable bonds is 4. The number of hydrogen-bond donors (Lipinski definition) is 2. The number of aromatic nitrogens is 3. The maximum atomic E-state index is 4.75. The fraction of sp³-hybridized carbons (Fsp3) is 0.500. The number of piperazine rings is 1. The Hall–Kier alpha value is -1.88. The molecule has 0 aliphatic carbocycles. The van der Waals surface area contributed by atoms with Gasteiger partial charge < -0.3 is 10.2 Å². The standard InChI is InChI=1S/C16H23N5/c1-3-14(13-7-5-4-6-8-13)15-18-16(20-19-15)21-10-9-17-12(2)11-21/h4-8,12,14,17H,3,9-11H2,1-2H3,(H,18,19,20)/t12-,14?/m1/s1. The number of hydrogen-bond acceptors (Lipinski definition) is 4. The van der Waals surface area contributed by atoms with Crippen LogP contribution in [0.2, 0.25) is 0 Å². The van der Waals surface area contributed by atoms with E-state index in [4.69, 9.17) is 4.98 Å². The van der Waals surface area contributed by atoms with Gasteiger partial charge in [0.25, 0.3) is 0 Å². The maximum absolute atomic E-state index is 4.75. The van der Waals surface area contributed by atoms with Crippen LogP contribution in [0.5, 0.6) is 0 Å². The van der Waals surface area contributed by atoms with Gasteiger partial charge in [0.2, 0.25) is 5.95 Å². The molecule has 112 valence electrons. The lowest BCUT2D eigenvalue weighted by atomic mass is 9.96. The van der Waals surface area contributed by atoms with Crippen molar-refractivity contribution >= 4 is 5.95 Å². The van der Waals surface area contributed by atoms with Crippen molar-refractivity contribution in [2.75, 3.05) is 24.5 Å². The molecule has 1 aliphatic heterocycles. The zero-order valence-corrected chi connectivity index (χ0v) is 12.7. The van der Waals surface area contributed by atoms with E-state index >= 15 is 0 Å². The molecule has 0 saturated carbocycles. The second-order valence-corrected chi connectivity index (χ2v) is 5.69. The summed E-state index contributed by atoms with van der Waals surface area (Å²) in [6, 6.07) is 11.0. The van der Waals surface area contributed by atoms with Gasteiger partial charge in [-0.2, -0.15) is 4.98 Å². The number of benzene rings is 1. The first-order chi connectivity index (χ1) is 10.3. The highest BCUT2D eigenvalue weighted by molar-refractivity contribution is 5.33. The summed E-state index contributed by atoms with van der Waals surface area (Å²) < 4.78 is 0. The molecule has 2 heterocycles. The summed E-state index contributed by atoms with van der Waals surface area (Å²) in [5.74, 6) is 2.07. The zero-order valence-electron chi connectivity index (χ0n) is 12.7. The van der Waals surface area contributed by atoms with E-state index in [1.807, 2.05) is 6.07 Å². The first-order valence-corrected chi connectivity index (χ1v) is 7.73. The highest BCUT2D eigenvalue weighted by atomic mass is 15.4. The SMILES string of the molecule is CCC(c1ccccc1)c1nc(N2CCN[C@H](C)C2)n[nH]1. The van der Waals surface area contributed by atoms with Gasteiger partial charge >= 0.3 is 0 Å². The summed E-state index contributed by atoms with van der Waals surface area (Å²) in [5, 5.41) is 11.0. The molecular weight excluding hydrogens is 262 g/mol. The molecule has 1 unspecified atom stereocenters. The van der Waals surface area contributed by atoms with Crippen molar-refractivity contribution in [2.24, 2.45) is 0 Å². The summed E-state index contributed by atoms with van der Waals surface area (Å²) >= 11 is 0. The van der Waals surface area contributed by atoms with E-state index in [-0.39, 0.29) is 5.92 Å². The molecule has 0 radical (unpaired) electrons. The predicted octanol–water partition coefficient (Wildman–Crippen LogP) is 2.14. The highest BCUT2D eigenvalue weighted by Gasteiger charge is 2.22. The molecule has 5 heteroatoms.